The number of benzene rings is 1. The number of thioether (sulfide) groups is 1. The van der Waals surface area contributed by atoms with Crippen molar-refractivity contribution in [1.82, 2.24) is 15.2 Å². The first kappa shape index (κ1) is 17.5. The zero-order valence-corrected chi connectivity index (χ0v) is 14.8. The van der Waals surface area contributed by atoms with Gasteiger partial charge in [-0.05, 0) is 42.7 Å². The number of carbonyl (C=O) groups is 2. The van der Waals surface area contributed by atoms with E-state index < -0.39 is 0 Å². The predicted molar refractivity (Wildman–Crippen MR) is 98.4 cm³/mol. The number of amides is 2. The largest absolute Gasteiger partial charge is 0.343 e. The Morgan fingerprint density at radius 2 is 1.84 bits per heavy atom. The molecule has 2 aromatic rings. The molecule has 0 atom stereocenters. The minimum Gasteiger partial charge on any atom is -0.343 e. The topological polar surface area (TPSA) is 62.3 Å². The summed E-state index contributed by atoms with van der Waals surface area (Å²) in [5.74, 6) is 0.581. The summed E-state index contributed by atoms with van der Waals surface area (Å²) in [7, 11) is 0. The molecule has 3 rings (SSSR count). The Kier molecular flexibility index (Phi) is 6.06. The van der Waals surface area contributed by atoms with Crippen molar-refractivity contribution in [2.24, 2.45) is 0 Å². The van der Waals surface area contributed by atoms with Gasteiger partial charge in [0.15, 0.2) is 0 Å². The zero-order valence-electron chi connectivity index (χ0n) is 14.0. The minimum atomic E-state index is -0.212. The first-order valence-electron chi connectivity index (χ1n) is 8.41. The summed E-state index contributed by atoms with van der Waals surface area (Å²) >= 11 is 1.65. The van der Waals surface area contributed by atoms with E-state index in [4.69, 9.17) is 0 Å². The maximum atomic E-state index is 12.2. The van der Waals surface area contributed by atoms with Crippen LogP contribution in [0.25, 0.3) is 0 Å². The SMILES string of the molecule is O=C(NCC(=O)N1CCCC1)c1ccc(CSc2ccccn2)cc1. The van der Waals surface area contributed by atoms with Crippen LogP contribution in [0.3, 0.4) is 0 Å². The second-order valence-electron chi connectivity index (χ2n) is 5.92. The van der Waals surface area contributed by atoms with Crippen LogP contribution in [-0.2, 0) is 10.5 Å². The third kappa shape index (κ3) is 5.06. The van der Waals surface area contributed by atoms with E-state index in [1.54, 1.807) is 35.0 Å². The fraction of sp³-hybridized carbons (Fsp3) is 0.316. The minimum absolute atomic E-state index is 0.00534. The lowest BCUT2D eigenvalue weighted by molar-refractivity contribution is -0.129. The van der Waals surface area contributed by atoms with Crippen molar-refractivity contribution >= 4 is 23.6 Å². The van der Waals surface area contributed by atoms with E-state index in [1.165, 1.54) is 0 Å². The highest BCUT2D eigenvalue weighted by Gasteiger charge is 2.18. The molecule has 0 radical (unpaired) electrons. The normalized spacial score (nSPS) is 13.7. The Hall–Kier alpha value is -2.34. The Balaban J connectivity index is 1.47. The highest BCUT2D eigenvalue weighted by Crippen LogP contribution is 2.20. The lowest BCUT2D eigenvalue weighted by atomic mass is 10.1. The molecule has 130 valence electrons. The number of likely N-dealkylation sites (tertiary alicyclic amines) is 1. The van der Waals surface area contributed by atoms with E-state index in [1.807, 2.05) is 30.3 Å². The van der Waals surface area contributed by atoms with Gasteiger partial charge in [0.2, 0.25) is 5.91 Å². The van der Waals surface area contributed by atoms with Crippen molar-refractivity contribution in [1.29, 1.82) is 0 Å². The van der Waals surface area contributed by atoms with Gasteiger partial charge in [0.1, 0.15) is 0 Å². The molecule has 2 amide bonds. The van der Waals surface area contributed by atoms with Gasteiger partial charge in [0.25, 0.3) is 5.91 Å². The molecule has 1 fully saturated rings. The van der Waals surface area contributed by atoms with Crippen LogP contribution in [0.4, 0.5) is 0 Å². The number of rotatable bonds is 6. The Morgan fingerprint density at radius 3 is 2.52 bits per heavy atom. The summed E-state index contributed by atoms with van der Waals surface area (Å²) in [6, 6.07) is 13.3. The number of carbonyl (C=O) groups excluding carboxylic acids is 2. The molecule has 1 aromatic carbocycles. The highest BCUT2D eigenvalue weighted by atomic mass is 32.2. The molecule has 1 saturated heterocycles. The number of hydrogen-bond acceptors (Lipinski definition) is 4. The van der Waals surface area contributed by atoms with Crippen LogP contribution in [0, 0.1) is 0 Å². The van der Waals surface area contributed by atoms with E-state index >= 15 is 0 Å². The maximum absolute atomic E-state index is 12.2. The van der Waals surface area contributed by atoms with E-state index in [9.17, 15) is 9.59 Å². The Morgan fingerprint density at radius 1 is 1.08 bits per heavy atom. The quantitative estimate of drug-likeness (QED) is 0.810. The molecular formula is C19H21N3O2S. The number of nitrogens with one attached hydrogen (secondary N) is 1. The number of hydrogen-bond donors (Lipinski definition) is 1. The van der Waals surface area contributed by atoms with E-state index in [0.29, 0.717) is 5.56 Å². The predicted octanol–water partition coefficient (Wildman–Crippen LogP) is 2.73. The van der Waals surface area contributed by atoms with Gasteiger partial charge in [-0.25, -0.2) is 4.98 Å². The van der Waals surface area contributed by atoms with Crippen LogP contribution in [-0.4, -0.2) is 41.3 Å². The van der Waals surface area contributed by atoms with Gasteiger partial charge in [-0.15, -0.1) is 11.8 Å². The number of aromatic nitrogens is 1. The lowest BCUT2D eigenvalue weighted by Crippen LogP contribution is -2.38. The van der Waals surface area contributed by atoms with Crippen molar-refractivity contribution in [3.05, 3.63) is 59.8 Å². The van der Waals surface area contributed by atoms with Gasteiger partial charge in [-0.3, -0.25) is 9.59 Å². The summed E-state index contributed by atoms with van der Waals surface area (Å²) in [6.45, 7) is 1.67. The highest BCUT2D eigenvalue weighted by molar-refractivity contribution is 7.98. The number of nitrogens with zero attached hydrogens (tertiary/aromatic N) is 2. The van der Waals surface area contributed by atoms with E-state index in [2.05, 4.69) is 10.3 Å². The summed E-state index contributed by atoms with van der Waals surface area (Å²) in [6.07, 6.45) is 3.88. The van der Waals surface area contributed by atoms with Gasteiger partial charge in [0.05, 0.1) is 11.6 Å². The van der Waals surface area contributed by atoms with Crippen molar-refractivity contribution < 1.29 is 9.59 Å². The molecule has 1 aromatic heterocycles. The molecule has 1 aliphatic heterocycles. The molecule has 0 spiro atoms. The van der Waals surface area contributed by atoms with Crippen LogP contribution in [0.15, 0.2) is 53.7 Å². The molecule has 0 saturated carbocycles. The van der Waals surface area contributed by atoms with Crippen LogP contribution in [0.5, 0.6) is 0 Å². The van der Waals surface area contributed by atoms with Crippen molar-refractivity contribution in [2.75, 3.05) is 19.6 Å². The maximum Gasteiger partial charge on any atom is 0.251 e. The summed E-state index contributed by atoms with van der Waals surface area (Å²) in [5.41, 5.74) is 1.70. The average molecular weight is 355 g/mol. The first-order valence-corrected chi connectivity index (χ1v) is 9.40. The fourth-order valence-corrected chi connectivity index (χ4v) is 3.50. The second-order valence-corrected chi connectivity index (χ2v) is 6.92. The van der Waals surface area contributed by atoms with Crippen LogP contribution in [0.2, 0.25) is 0 Å². The van der Waals surface area contributed by atoms with Gasteiger partial charge in [-0.1, -0.05) is 18.2 Å². The molecular weight excluding hydrogens is 334 g/mol. The molecule has 1 aliphatic rings. The molecule has 0 unspecified atom stereocenters. The molecule has 2 heterocycles. The molecule has 0 bridgehead atoms. The Bertz CT molecular complexity index is 713. The van der Waals surface area contributed by atoms with Crippen LogP contribution >= 0.6 is 11.8 Å². The third-order valence-electron chi connectivity index (χ3n) is 4.10. The zero-order chi connectivity index (χ0) is 17.5. The third-order valence-corrected chi connectivity index (χ3v) is 5.11. The number of pyridine rings is 1. The molecule has 25 heavy (non-hydrogen) atoms. The molecule has 1 N–H and O–H groups in total. The standard InChI is InChI=1S/C19H21N3O2S/c23-18(22-11-3-4-12-22)13-21-19(24)16-8-6-15(7-9-16)14-25-17-5-1-2-10-20-17/h1-2,5-10H,3-4,11-14H2,(H,21,24). The molecule has 6 heteroatoms. The van der Waals surface area contributed by atoms with Gasteiger partial charge in [-0.2, -0.15) is 0 Å². The summed E-state index contributed by atoms with van der Waals surface area (Å²) < 4.78 is 0. The smallest absolute Gasteiger partial charge is 0.251 e. The van der Waals surface area contributed by atoms with Crippen molar-refractivity contribution in [3.8, 4) is 0 Å². The van der Waals surface area contributed by atoms with E-state index in [-0.39, 0.29) is 18.4 Å². The monoisotopic (exact) mass is 355 g/mol. The van der Waals surface area contributed by atoms with Crippen molar-refractivity contribution in [2.45, 2.75) is 23.6 Å². The lowest BCUT2D eigenvalue weighted by Gasteiger charge is -2.15. The van der Waals surface area contributed by atoms with Gasteiger partial charge in [0, 0.05) is 30.6 Å². The fourth-order valence-electron chi connectivity index (χ4n) is 2.68. The van der Waals surface area contributed by atoms with Crippen molar-refractivity contribution in [3.63, 3.8) is 0 Å². The summed E-state index contributed by atoms with van der Waals surface area (Å²) in [4.78, 5) is 30.2. The van der Waals surface area contributed by atoms with Gasteiger partial charge < -0.3 is 10.2 Å². The first-order chi connectivity index (χ1) is 12.2. The van der Waals surface area contributed by atoms with Crippen LogP contribution < -0.4 is 5.32 Å². The van der Waals surface area contributed by atoms with Gasteiger partial charge >= 0.3 is 0 Å². The Labute approximate surface area is 151 Å². The second kappa shape index (κ2) is 8.67. The molecule has 0 aliphatic carbocycles. The molecule has 5 nitrogen and oxygen atoms in total. The average Bonchev–Trinajstić information content (AvgIpc) is 3.20. The summed E-state index contributed by atoms with van der Waals surface area (Å²) in [5, 5.41) is 3.68. The van der Waals surface area contributed by atoms with E-state index in [0.717, 1.165) is 42.3 Å². The van der Waals surface area contributed by atoms with Crippen LogP contribution in [0.1, 0.15) is 28.8 Å².